The summed E-state index contributed by atoms with van der Waals surface area (Å²) in [7, 11) is 0. The maximum absolute atomic E-state index is 6.33. The average Bonchev–Trinajstić information content (AvgIpc) is 3.20. The van der Waals surface area contributed by atoms with Gasteiger partial charge in [-0.2, -0.15) is 0 Å². The molecule has 1 nitrogen and oxygen atoms in total. The summed E-state index contributed by atoms with van der Waals surface area (Å²) in [6.45, 7) is 3.13. The Kier molecular flexibility index (Phi) is 3.52. The Morgan fingerprint density at radius 3 is 2.83 bits per heavy atom. The minimum atomic E-state index is 0.703. The standard InChI is InChI=1S/C16H21ClO/c1-2-12-4-3-5-14-13(12)8-9-15(17)16(14)18-10-11-6-7-11/h8-9,11-12H,2-7,10H2,1H3/t12-/m0/s1. The highest BCUT2D eigenvalue weighted by molar-refractivity contribution is 6.32. The van der Waals surface area contributed by atoms with Gasteiger partial charge in [0.1, 0.15) is 5.75 Å². The van der Waals surface area contributed by atoms with Crippen LogP contribution in [0.5, 0.6) is 5.75 Å². The van der Waals surface area contributed by atoms with Crippen molar-refractivity contribution in [3.63, 3.8) is 0 Å². The fourth-order valence-corrected chi connectivity index (χ4v) is 3.23. The van der Waals surface area contributed by atoms with E-state index in [0.29, 0.717) is 5.92 Å². The third-order valence-electron chi connectivity index (χ3n) is 4.32. The second-order valence-corrected chi connectivity index (χ2v) is 6.10. The van der Waals surface area contributed by atoms with Gasteiger partial charge in [0.15, 0.2) is 0 Å². The predicted molar refractivity (Wildman–Crippen MR) is 75.6 cm³/mol. The summed E-state index contributed by atoms with van der Waals surface area (Å²) < 4.78 is 6.02. The molecule has 18 heavy (non-hydrogen) atoms. The number of rotatable bonds is 4. The SMILES string of the molecule is CC[C@H]1CCCc2c1ccc(Cl)c2OCC1CC1. The molecule has 0 unspecified atom stereocenters. The Morgan fingerprint density at radius 2 is 2.11 bits per heavy atom. The summed E-state index contributed by atoms with van der Waals surface area (Å²) in [6, 6.07) is 4.24. The van der Waals surface area contributed by atoms with Crippen LogP contribution in [0.1, 0.15) is 56.1 Å². The topological polar surface area (TPSA) is 9.23 Å². The van der Waals surface area contributed by atoms with Gasteiger partial charge >= 0.3 is 0 Å². The summed E-state index contributed by atoms with van der Waals surface area (Å²) in [4.78, 5) is 0. The molecule has 1 atom stereocenters. The second kappa shape index (κ2) is 5.13. The van der Waals surface area contributed by atoms with E-state index in [4.69, 9.17) is 16.3 Å². The quantitative estimate of drug-likeness (QED) is 0.747. The number of hydrogen-bond acceptors (Lipinski definition) is 1. The van der Waals surface area contributed by atoms with Crippen molar-refractivity contribution in [2.75, 3.05) is 6.61 Å². The number of ether oxygens (including phenoxy) is 1. The molecule has 2 heteroatoms. The molecule has 0 heterocycles. The number of fused-ring (bicyclic) bond motifs is 1. The molecule has 0 saturated heterocycles. The van der Waals surface area contributed by atoms with Crippen molar-refractivity contribution < 1.29 is 4.74 Å². The molecule has 0 spiro atoms. The lowest BCUT2D eigenvalue weighted by Gasteiger charge is -2.27. The van der Waals surface area contributed by atoms with Crippen LogP contribution in [0, 0.1) is 5.92 Å². The summed E-state index contributed by atoms with van der Waals surface area (Å²) in [5.74, 6) is 2.47. The van der Waals surface area contributed by atoms with Crippen LogP contribution in [0.2, 0.25) is 5.02 Å². The first-order valence-electron chi connectivity index (χ1n) is 7.23. The molecule has 1 fully saturated rings. The molecular weight excluding hydrogens is 244 g/mol. The molecule has 0 aromatic heterocycles. The molecule has 3 rings (SSSR count). The Morgan fingerprint density at radius 1 is 1.28 bits per heavy atom. The highest BCUT2D eigenvalue weighted by atomic mass is 35.5. The highest BCUT2D eigenvalue weighted by Crippen LogP contribution is 2.42. The van der Waals surface area contributed by atoms with Crippen LogP contribution >= 0.6 is 11.6 Å². The predicted octanol–water partition coefficient (Wildman–Crippen LogP) is 4.96. The van der Waals surface area contributed by atoms with E-state index < -0.39 is 0 Å². The maximum Gasteiger partial charge on any atom is 0.141 e. The summed E-state index contributed by atoms with van der Waals surface area (Å²) >= 11 is 6.33. The lowest BCUT2D eigenvalue weighted by Crippen LogP contribution is -2.12. The van der Waals surface area contributed by atoms with Gasteiger partial charge in [0.05, 0.1) is 11.6 Å². The van der Waals surface area contributed by atoms with E-state index in [1.807, 2.05) is 6.07 Å². The van der Waals surface area contributed by atoms with Crippen molar-refractivity contribution >= 4 is 11.6 Å². The van der Waals surface area contributed by atoms with E-state index in [-0.39, 0.29) is 0 Å². The third-order valence-corrected chi connectivity index (χ3v) is 4.62. The average molecular weight is 265 g/mol. The molecule has 0 amide bonds. The van der Waals surface area contributed by atoms with Crippen LogP contribution in [-0.2, 0) is 6.42 Å². The third kappa shape index (κ3) is 2.38. The molecule has 0 aliphatic heterocycles. The van der Waals surface area contributed by atoms with Crippen LogP contribution in [0.15, 0.2) is 12.1 Å². The molecule has 98 valence electrons. The number of benzene rings is 1. The van der Waals surface area contributed by atoms with Gasteiger partial charge in [-0.05, 0) is 67.6 Å². The van der Waals surface area contributed by atoms with Crippen LogP contribution < -0.4 is 4.74 Å². The molecule has 0 N–H and O–H groups in total. The summed E-state index contributed by atoms with van der Waals surface area (Å²) in [5.41, 5.74) is 2.88. The van der Waals surface area contributed by atoms with E-state index in [1.54, 1.807) is 0 Å². The van der Waals surface area contributed by atoms with Crippen molar-refractivity contribution in [1.29, 1.82) is 0 Å². The van der Waals surface area contributed by atoms with Gasteiger partial charge in [-0.1, -0.05) is 24.6 Å². The van der Waals surface area contributed by atoms with Crippen molar-refractivity contribution in [1.82, 2.24) is 0 Å². The van der Waals surface area contributed by atoms with Gasteiger partial charge in [0.2, 0.25) is 0 Å². The zero-order valence-electron chi connectivity index (χ0n) is 11.0. The zero-order chi connectivity index (χ0) is 12.5. The Hall–Kier alpha value is -0.690. The first-order valence-corrected chi connectivity index (χ1v) is 7.61. The first kappa shape index (κ1) is 12.3. The summed E-state index contributed by atoms with van der Waals surface area (Å²) in [5, 5.41) is 0.797. The maximum atomic E-state index is 6.33. The molecule has 2 aliphatic carbocycles. The number of hydrogen-bond donors (Lipinski definition) is 0. The minimum Gasteiger partial charge on any atom is -0.491 e. The van der Waals surface area contributed by atoms with Crippen molar-refractivity contribution in [2.45, 2.75) is 51.4 Å². The largest absolute Gasteiger partial charge is 0.491 e. The van der Waals surface area contributed by atoms with Gasteiger partial charge in [-0.3, -0.25) is 0 Å². The van der Waals surface area contributed by atoms with E-state index >= 15 is 0 Å². The van der Waals surface area contributed by atoms with Gasteiger partial charge in [-0.15, -0.1) is 0 Å². The minimum absolute atomic E-state index is 0.703. The van der Waals surface area contributed by atoms with Gasteiger partial charge in [0.25, 0.3) is 0 Å². The molecule has 0 bridgehead atoms. The second-order valence-electron chi connectivity index (χ2n) is 5.70. The van der Waals surface area contributed by atoms with Crippen LogP contribution in [-0.4, -0.2) is 6.61 Å². The van der Waals surface area contributed by atoms with E-state index in [1.165, 1.54) is 43.2 Å². The molecule has 1 aromatic carbocycles. The monoisotopic (exact) mass is 264 g/mol. The van der Waals surface area contributed by atoms with Gasteiger partial charge < -0.3 is 4.74 Å². The van der Waals surface area contributed by atoms with E-state index in [0.717, 1.165) is 29.7 Å². The van der Waals surface area contributed by atoms with Crippen LogP contribution in [0.25, 0.3) is 0 Å². The first-order chi connectivity index (χ1) is 8.79. The van der Waals surface area contributed by atoms with Crippen LogP contribution in [0.3, 0.4) is 0 Å². The van der Waals surface area contributed by atoms with Crippen molar-refractivity contribution in [3.8, 4) is 5.75 Å². The Balaban J connectivity index is 1.90. The smallest absolute Gasteiger partial charge is 0.141 e. The van der Waals surface area contributed by atoms with Gasteiger partial charge in [-0.25, -0.2) is 0 Å². The molecule has 0 radical (unpaired) electrons. The summed E-state index contributed by atoms with van der Waals surface area (Å²) in [6.07, 6.45) is 7.58. The van der Waals surface area contributed by atoms with Gasteiger partial charge in [0, 0.05) is 0 Å². The normalized spacial score (nSPS) is 22.7. The molecule has 1 saturated carbocycles. The molecular formula is C16H21ClO. The lowest BCUT2D eigenvalue weighted by molar-refractivity contribution is 0.294. The lowest BCUT2D eigenvalue weighted by atomic mass is 9.81. The Bertz CT molecular complexity index is 437. The fourth-order valence-electron chi connectivity index (χ4n) is 3.00. The zero-order valence-corrected chi connectivity index (χ0v) is 11.8. The fraction of sp³-hybridized carbons (Fsp3) is 0.625. The number of halogens is 1. The molecule has 1 aromatic rings. The van der Waals surface area contributed by atoms with E-state index in [9.17, 15) is 0 Å². The highest BCUT2D eigenvalue weighted by Gasteiger charge is 2.26. The van der Waals surface area contributed by atoms with Crippen molar-refractivity contribution in [3.05, 3.63) is 28.3 Å². The van der Waals surface area contributed by atoms with Crippen LogP contribution in [0.4, 0.5) is 0 Å². The van der Waals surface area contributed by atoms with Crippen molar-refractivity contribution in [2.24, 2.45) is 5.92 Å². The van der Waals surface area contributed by atoms with E-state index in [2.05, 4.69) is 13.0 Å². The Labute approximate surface area is 114 Å². The molecule has 2 aliphatic rings.